The Kier molecular flexibility index (Phi) is 5.96. The van der Waals surface area contributed by atoms with E-state index < -0.39 is 0 Å². The quantitative estimate of drug-likeness (QED) is 0.529. The second kappa shape index (κ2) is 8.78. The minimum Gasteiger partial charge on any atom is -0.489 e. The van der Waals surface area contributed by atoms with Crippen LogP contribution in [0.3, 0.4) is 0 Å². The number of amides is 1. The lowest BCUT2D eigenvalue weighted by atomic mass is 10.2. The van der Waals surface area contributed by atoms with Crippen LogP contribution in [0.25, 0.3) is 0 Å². The molecule has 3 rings (SSSR count). The van der Waals surface area contributed by atoms with Gasteiger partial charge in [0.25, 0.3) is 5.91 Å². The predicted molar refractivity (Wildman–Crippen MR) is 102 cm³/mol. The van der Waals surface area contributed by atoms with Gasteiger partial charge >= 0.3 is 0 Å². The Labute approximate surface area is 156 Å². The van der Waals surface area contributed by atoms with Gasteiger partial charge in [-0.15, -0.1) is 0 Å². The normalized spacial score (nSPS) is 10.7. The third-order valence-electron chi connectivity index (χ3n) is 3.55. The molecule has 0 bridgehead atoms. The summed E-state index contributed by atoms with van der Waals surface area (Å²) < 4.78 is 5.72. The van der Waals surface area contributed by atoms with E-state index in [2.05, 4.69) is 15.5 Å². The van der Waals surface area contributed by atoms with Gasteiger partial charge in [0.15, 0.2) is 0 Å². The third kappa shape index (κ3) is 4.91. The van der Waals surface area contributed by atoms with Crippen molar-refractivity contribution in [1.82, 2.24) is 10.4 Å². The van der Waals surface area contributed by atoms with Crippen LogP contribution in [-0.4, -0.2) is 17.1 Å². The van der Waals surface area contributed by atoms with E-state index in [-0.39, 0.29) is 5.91 Å². The van der Waals surface area contributed by atoms with Crippen molar-refractivity contribution >= 4 is 23.7 Å². The average molecular weight is 366 g/mol. The molecule has 0 spiro atoms. The smallest absolute Gasteiger partial charge is 0.271 e. The van der Waals surface area contributed by atoms with E-state index in [1.807, 2.05) is 48.5 Å². The maximum atomic E-state index is 11.9. The highest BCUT2D eigenvalue weighted by molar-refractivity contribution is 6.31. The topological polar surface area (TPSA) is 63.6 Å². The predicted octanol–water partition coefficient (Wildman–Crippen LogP) is 4.08. The van der Waals surface area contributed by atoms with Crippen LogP contribution in [0.4, 0.5) is 0 Å². The van der Waals surface area contributed by atoms with Crippen LogP contribution in [0.15, 0.2) is 78.2 Å². The number of rotatable bonds is 6. The van der Waals surface area contributed by atoms with E-state index in [9.17, 15) is 4.79 Å². The van der Waals surface area contributed by atoms with Gasteiger partial charge in [0.2, 0.25) is 0 Å². The lowest BCUT2D eigenvalue weighted by Crippen LogP contribution is -2.17. The number of hydrogen-bond donors (Lipinski definition) is 1. The number of nitrogens with one attached hydrogen (secondary N) is 1. The molecule has 2 aromatic carbocycles. The Bertz CT molecular complexity index is 896. The van der Waals surface area contributed by atoms with Gasteiger partial charge < -0.3 is 4.74 Å². The van der Waals surface area contributed by atoms with Gasteiger partial charge in [0.05, 0.1) is 6.21 Å². The van der Waals surface area contributed by atoms with E-state index in [0.717, 1.165) is 16.9 Å². The molecule has 1 amide bonds. The zero-order valence-corrected chi connectivity index (χ0v) is 14.6. The molecule has 0 saturated heterocycles. The molecule has 1 heterocycles. The van der Waals surface area contributed by atoms with Crippen LogP contribution in [0.1, 0.15) is 21.5 Å². The number of pyridine rings is 1. The molecule has 0 saturated carbocycles. The summed E-state index contributed by atoms with van der Waals surface area (Å²) in [5.74, 6) is 0.436. The van der Waals surface area contributed by atoms with Crippen molar-refractivity contribution < 1.29 is 9.53 Å². The van der Waals surface area contributed by atoms with E-state index in [1.165, 1.54) is 0 Å². The number of ether oxygens (including phenoxy) is 1. The van der Waals surface area contributed by atoms with Crippen LogP contribution < -0.4 is 10.2 Å². The fourth-order valence-corrected chi connectivity index (χ4v) is 2.35. The zero-order chi connectivity index (χ0) is 18.2. The van der Waals surface area contributed by atoms with Crippen molar-refractivity contribution in [3.05, 3.63) is 94.8 Å². The molecule has 0 aliphatic carbocycles. The molecule has 3 aromatic rings. The molecular weight excluding hydrogens is 350 g/mol. The van der Waals surface area contributed by atoms with Gasteiger partial charge in [0.1, 0.15) is 12.4 Å². The largest absolute Gasteiger partial charge is 0.489 e. The van der Waals surface area contributed by atoms with Crippen molar-refractivity contribution in [3.8, 4) is 5.75 Å². The second-order valence-electron chi connectivity index (χ2n) is 5.38. The van der Waals surface area contributed by atoms with Crippen molar-refractivity contribution in [2.45, 2.75) is 6.61 Å². The van der Waals surface area contributed by atoms with E-state index >= 15 is 0 Å². The summed E-state index contributed by atoms with van der Waals surface area (Å²) in [5, 5.41) is 4.63. The van der Waals surface area contributed by atoms with Crippen molar-refractivity contribution in [2.75, 3.05) is 0 Å². The van der Waals surface area contributed by atoms with Crippen molar-refractivity contribution in [1.29, 1.82) is 0 Å². The minimum absolute atomic E-state index is 0.289. The first kappa shape index (κ1) is 17.6. The fraction of sp³-hybridized carbons (Fsp3) is 0.0500. The molecule has 6 heteroatoms. The van der Waals surface area contributed by atoms with E-state index in [0.29, 0.717) is 17.2 Å². The lowest BCUT2D eigenvalue weighted by molar-refractivity contribution is 0.0955. The average Bonchev–Trinajstić information content (AvgIpc) is 2.69. The number of benzene rings is 2. The molecule has 130 valence electrons. The molecule has 0 fully saturated rings. The molecule has 0 atom stereocenters. The second-order valence-corrected chi connectivity index (χ2v) is 5.79. The maximum Gasteiger partial charge on any atom is 0.271 e. The molecule has 0 unspecified atom stereocenters. The summed E-state index contributed by atoms with van der Waals surface area (Å²) >= 11 is 6.11. The van der Waals surface area contributed by atoms with Gasteiger partial charge in [0, 0.05) is 28.5 Å². The first-order valence-corrected chi connectivity index (χ1v) is 8.30. The first-order valence-electron chi connectivity index (χ1n) is 7.92. The van der Waals surface area contributed by atoms with Crippen LogP contribution in [-0.2, 0) is 6.61 Å². The number of halogens is 1. The lowest BCUT2D eigenvalue weighted by Gasteiger charge is -2.07. The maximum absolute atomic E-state index is 11.9. The van der Waals surface area contributed by atoms with Crippen LogP contribution in [0.5, 0.6) is 5.75 Å². The van der Waals surface area contributed by atoms with E-state index in [1.54, 1.807) is 30.7 Å². The molecule has 1 N–H and O–H groups in total. The Hall–Kier alpha value is -3.18. The highest BCUT2D eigenvalue weighted by Crippen LogP contribution is 2.18. The Balaban J connectivity index is 1.53. The first-order chi connectivity index (χ1) is 12.7. The van der Waals surface area contributed by atoms with Crippen molar-refractivity contribution in [2.24, 2.45) is 5.10 Å². The minimum atomic E-state index is -0.289. The third-order valence-corrected chi connectivity index (χ3v) is 3.92. The number of hydrazone groups is 1. The SMILES string of the molecule is O=C(NN=Cc1ccc(OCc2ccccc2Cl)cc1)c1ccncc1. The Morgan fingerprint density at radius 3 is 2.54 bits per heavy atom. The monoisotopic (exact) mass is 365 g/mol. The van der Waals surface area contributed by atoms with Gasteiger partial charge in [-0.05, 0) is 48.0 Å². The molecular formula is C20H16ClN3O2. The van der Waals surface area contributed by atoms with Crippen molar-refractivity contribution in [3.63, 3.8) is 0 Å². The van der Waals surface area contributed by atoms with Gasteiger partial charge in [-0.25, -0.2) is 5.43 Å². The fourth-order valence-electron chi connectivity index (χ4n) is 2.16. The number of hydrogen-bond acceptors (Lipinski definition) is 4. The summed E-state index contributed by atoms with van der Waals surface area (Å²) in [7, 11) is 0. The van der Waals surface area contributed by atoms with E-state index in [4.69, 9.17) is 16.3 Å². The number of nitrogens with zero attached hydrogens (tertiary/aromatic N) is 2. The van der Waals surface area contributed by atoms with Gasteiger partial charge in [-0.1, -0.05) is 29.8 Å². The Morgan fingerprint density at radius 1 is 1.08 bits per heavy atom. The summed E-state index contributed by atoms with van der Waals surface area (Å²) in [4.78, 5) is 15.7. The summed E-state index contributed by atoms with van der Waals surface area (Å²) in [6, 6.07) is 18.2. The summed E-state index contributed by atoms with van der Waals surface area (Å²) in [5.41, 5.74) is 4.74. The van der Waals surface area contributed by atoms with Gasteiger partial charge in [-0.2, -0.15) is 5.10 Å². The molecule has 5 nitrogen and oxygen atoms in total. The van der Waals surface area contributed by atoms with Crippen LogP contribution >= 0.6 is 11.6 Å². The number of carbonyl (C=O) groups excluding carboxylic acids is 1. The standard InChI is InChI=1S/C20H16ClN3O2/c21-19-4-2-1-3-17(19)14-26-18-7-5-15(6-8-18)13-23-24-20(25)16-9-11-22-12-10-16/h1-13H,14H2,(H,24,25). The van der Waals surface area contributed by atoms with Crippen LogP contribution in [0.2, 0.25) is 5.02 Å². The number of aromatic nitrogens is 1. The van der Waals surface area contributed by atoms with Gasteiger partial charge in [-0.3, -0.25) is 9.78 Å². The van der Waals surface area contributed by atoms with Crippen LogP contribution in [0, 0.1) is 0 Å². The molecule has 0 radical (unpaired) electrons. The highest BCUT2D eigenvalue weighted by atomic mass is 35.5. The summed E-state index contributed by atoms with van der Waals surface area (Å²) in [6.07, 6.45) is 4.68. The molecule has 0 aliphatic heterocycles. The summed E-state index contributed by atoms with van der Waals surface area (Å²) in [6.45, 7) is 0.398. The molecule has 0 aliphatic rings. The highest BCUT2D eigenvalue weighted by Gasteiger charge is 2.02. The Morgan fingerprint density at radius 2 is 1.81 bits per heavy atom. The molecule has 26 heavy (non-hydrogen) atoms. The molecule has 1 aromatic heterocycles. The zero-order valence-electron chi connectivity index (χ0n) is 13.8. The number of carbonyl (C=O) groups is 1.